The summed E-state index contributed by atoms with van der Waals surface area (Å²) in [5.41, 5.74) is 7.47. The Bertz CT molecular complexity index is 1650. The molecule has 10 amide bonds. The lowest BCUT2D eigenvalue weighted by Crippen LogP contribution is -2.55. The number of nitrogens with zero attached hydrogens (tertiary/aromatic N) is 1. The average Bonchev–Trinajstić information content (AvgIpc) is 3.94. The van der Waals surface area contributed by atoms with Gasteiger partial charge in [-0.15, -0.1) is 0 Å². The molecule has 60 heavy (non-hydrogen) atoms. The maximum atomic E-state index is 13.3. The van der Waals surface area contributed by atoms with Gasteiger partial charge in [0.05, 0.1) is 31.5 Å². The molecule has 0 aromatic carbocycles. The van der Waals surface area contributed by atoms with Gasteiger partial charge in [-0.1, -0.05) is 20.3 Å². The molecule has 1 aromatic heterocycles. The fourth-order valence-corrected chi connectivity index (χ4v) is 8.32. The van der Waals surface area contributed by atoms with Crippen molar-refractivity contribution >= 4 is 65.1 Å². The Kier molecular flexibility index (Phi) is 20.6. The van der Waals surface area contributed by atoms with Crippen LogP contribution in [0.3, 0.4) is 0 Å². The summed E-state index contributed by atoms with van der Waals surface area (Å²) >= 11 is 1.84. The van der Waals surface area contributed by atoms with E-state index in [1.54, 1.807) is 0 Å². The van der Waals surface area contributed by atoms with Crippen LogP contribution in [-0.2, 0) is 44.8 Å². The molecule has 0 saturated carbocycles. The van der Waals surface area contributed by atoms with Crippen LogP contribution in [0, 0.1) is 11.8 Å². The van der Waals surface area contributed by atoms with Crippen molar-refractivity contribution in [3.8, 4) is 0 Å². The Morgan fingerprint density at radius 3 is 2.28 bits per heavy atom. The zero-order chi connectivity index (χ0) is 44.2. The molecular weight excluding hydrogens is 805 g/mol. The molecule has 0 aliphatic carbocycles. The van der Waals surface area contributed by atoms with Gasteiger partial charge < -0.3 is 53.3 Å². The quantitative estimate of drug-likeness (QED) is 0.0193. The normalized spacial score (nSPS) is 18.7. The fraction of sp³-hybridized carbons (Fsp3) is 0.676. The lowest BCUT2D eigenvalue weighted by molar-refractivity contribution is -0.137. The highest BCUT2D eigenvalue weighted by Crippen LogP contribution is 2.33. The predicted octanol–water partition coefficient (Wildman–Crippen LogP) is -2.29. The van der Waals surface area contributed by atoms with Gasteiger partial charge >= 0.3 is 6.03 Å². The molecule has 2 saturated heterocycles. The summed E-state index contributed by atoms with van der Waals surface area (Å²) in [6.07, 6.45) is 6.91. The third kappa shape index (κ3) is 17.4. The van der Waals surface area contributed by atoms with Crippen molar-refractivity contribution in [3.63, 3.8) is 0 Å². The second-order valence-corrected chi connectivity index (χ2v) is 16.6. The third-order valence-corrected chi connectivity index (χ3v) is 11.4. The number of nitrogens with two attached hydrogens (primary N) is 1. The summed E-state index contributed by atoms with van der Waals surface area (Å²) in [4.78, 5) is 118. The Labute approximate surface area is 352 Å². The number of amides is 10. The number of aromatic amines is 1. The number of hydroxylamine groups is 1. The molecule has 0 spiro atoms. The summed E-state index contributed by atoms with van der Waals surface area (Å²) in [5, 5.41) is 30.3. The number of H-pyrrole nitrogens is 1. The van der Waals surface area contributed by atoms with Crippen LogP contribution < -0.4 is 53.7 Å². The maximum absolute atomic E-state index is 13.3. The smallest absolute Gasteiger partial charge is 0.315 e. The lowest BCUT2D eigenvalue weighted by Gasteiger charge is -2.24. The molecule has 334 valence electrons. The molecule has 2 aliphatic rings. The van der Waals surface area contributed by atoms with Gasteiger partial charge in [-0.2, -0.15) is 11.8 Å². The van der Waals surface area contributed by atoms with Gasteiger partial charge in [-0.25, -0.2) is 15.3 Å². The van der Waals surface area contributed by atoms with Crippen molar-refractivity contribution < 1.29 is 48.4 Å². The summed E-state index contributed by atoms with van der Waals surface area (Å²) in [7, 11) is 0. The number of hydrogen-bond acceptors (Lipinski definition) is 12. The van der Waals surface area contributed by atoms with Crippen LogP contribution in [0.4, 0.5) is 4.79 Å². The Balaban J connectivity index is 1.32. The molecule has 2 aliphatic heterocycles. The molecule has 7 atom stereocenters. The predicted molar refractivity (Wildman–Crippen MR) is 217 cm³/mol. The first-order valence-corrected chi connectivity index (χ1v) is 21.2. The molecule has 22 nitrogen and oxygen atoms in total. The van der Waals surface area contributed by atoms with E-state index < -0.39 is 78.5 Å². The van der Waals surface area contributed by atoms with Crippen molar-refractivity contribution in [1.29, 1.82) is 0 Å². The van der Waals surface area contributed by atoms with E-state index >= 15 is 0 Å². The van der Waals surface area contributed by atoms with Crippen LogP contribution >= 0.6 is 11.8 Å². The van der Waals surface area contributed by atoms with Crippen LogP contribution in [0.15, 0.2) is 12.5 Å². The number of rotatable bonds is 27. The Morgan fingerprint density at radius 1 is 0.850 bits per heavy atom. The number of nitrogens with one attached hydrogen (secondary N) is 10. The molecule has 13 N–H and O–H groups in total. The second-order valence-electron chi connectivity index (χ2n) is 15.4. The van der Waals surface area contributed by atoms with E-state index in [1.807, 2.05) is 25.6 Å². The third-order valence-electron chi connectivity index (χ3n) is 9.92. The molecule has 1 unspecified atom stereocenters. The van der Waals surface area contributed by atoms with Gasteiger partial charge in [0.1, 0.15) is 18.1 Å². The monoisotopic (exact) mass is 864 g/mol. The van der Waals surface area contributed by atoms with E-state index in [-0.39, 0.29) is 49.2 Å². The molecule has 0 bridgehead atoms. The number of unbranched alkanes of at least 4 members (excludes halogenated alkanes) is 2. The average molecular weight is 865 g/mol. The highest BCUT2D eigenvalue weighted by atomic mass is 32.2. The van der Waals surface area contributed by atoms with Gasteiger partial charge in [-0.05, 0) is 51.4 Å². The first-order chi connectivity index (χ1) is 28.6. The molecular formula is C37H60N12O10S. The number of aromatic nitrogens is 2. The number of urea groups is 1. The highest BCUT2D eigenvalue weighted by molar-refractivity contribution is 8.00. The number of carbonyl (C=O) groups is 9. The number of thioether (sulfide) groups is 1. The molecule has 1 aromatic rings. The van der Waals surface area contributed by atoms with Crippen LogP contribution in [0.5, 0.6) is 0 Å². The van der Waals surface area contributed by atoms with E-state index in [0.717, 1.165) is 25.0 Å². The van der Waals surface area contributed by atoms with E-state index in [0.29, 0.717) is 43.2 Å². The van der Waals surface area contributed by atoms with Crippen LogP contribution in [0.1, 0.15) is 84.3 Å². The molecule has 3 heterocycles. The largest absolute Gasteiger partial charge is 0.368 e. The zero-order valence-electron chi connectivity index (χ0n) is 34.2. The summed E-state index contributed by atoms with van der Waals surface area (Å²) in [5.74, 6) is -5.08. The van der Waals surface area contributed by atoms with Gasteiger partial charge in [0, 0.05) is 54.6 Å². The van der Waals surface area contributed by atoms with Gasteiger partial charge in [0.25, 0.3) is 0 Å². The van der Waals surface area contributed by atoms with Crippen molar-refractivity contribution in [3.05, 3.63) is 18.2 Å². The van der Waals surface area contributed by atoms with Gasteiger partial charge in [-0.3, -0.25) is 43.6 Å². The first-order valence-electron chi connectivity index (χ1n) is 20.2. The number of primary amides is 1. The van der Waals surface area contributed by atoms with E-state index in [4.69, 9.17) is 10.9 Å². The molecule has 3 rings (SSSR count). The van der Waals surface area contributed by atoms with Crippen molar-refractivity contribution in [2.45, 2.75) is 120 Å². The summed E-state index contributed by atoms with van der Waals surface area (Å²) in [6.45, 7) is 4.39. The topological polar surface area (TPSA) is 337 Å². The number of hydrogen-bond donors (Lipinski definition) is 12. The summed E-state index contributed by atoms with van der Waals surface area (Å²) in [6, 6.07) is -3.17. The minimum atomic E-state index is -1.19. The fourth-order valence-electron chi connectivity index (χ4n) is 6.77. The second kappa shape index (κ2) is 25.2. The summed E-state index contributed by atoms with van der Waals surface area (Å²) < 4.78 is 0. The Hall–Kier alpha value is -5.45. The first kappa shape index (κ1) is 48.9. The highest BCUT2D eigenvalue weighted by Gasteiger charge is 2.42. The van der Waals surface area contributed by atoms with Gasteiger partial charge in [0.15, 0.2) is 0 Å². The SMILES string of the molecule is CC(C)CC(CC(=O)NO)C(=O)N[C@@H](Cc1cnc[nH]1)C(=O)N[C@@H](C)C(=O)NCC(=O)NCC(=O)N[C@@H](CCCCNC(=O)CCCC[C@@H]1SC[C@@H]2NC(=O)N[C@@H]21)C(N)=O. The van der Waals surface area contributed by atoms with Crippen molar-refractivity contribution in [2.24, 2.45) is 17.6 Å². The Morgan fingerprint density at radius 2 is 1.60 bits per heavy atom. The van der Waals surface area contributed by atoms with Crippen molar-refractivity contribution in [1.82, 2.24) is 58.0 Å². The van der Waals surface area contributed by atoms with Crippen LogP contribution in [0.25, 0.3) is 0 Å². The maximum Gasteiger partial charge on any atom is 0.315 e. The van der Waals surface area contributed by atoms with Gasteiger partial charge in [0.2, 0.25) is 47.3 Å². The van der Waals surface area contributed by atoms with E-state index in [2.05, 4.69) is 52.5 Å². The van der Waals surface area contributed by atoms with E-state index in [1.165, 1.54) is 24.9 Å². The minimum absolute atomic E-state index is 0.0123. The van der Waals surface area contributed by atoms with E-state index in [9.17, 15) is 43.2 Å². The zero-order valence-corrected chi connectivity index (χ0v) is 35.0. The molecule has 23 heteroatoms. The van der Waals surface area contributed by atoms with Crippen LogP contribution in [-0.4, -0.2) is 129 Å². The lowest BCUT2D eigenvalue weighted by atomic mass is 9.92. The number of carbonyl (C=O) groups excluding carboxylic acids is 9. The number of fused-ring (bicyclic) bond motifs is 1. The molecule has 0 radical (unpaired) electrons. The standard InChI is InChI=1S/C37H60N12O10S/c1-20(2)12-22(13-29(51)49-59)35(56)46-25(14-23-15-39-19-43-23)36(57)44-21(3)34(55)42-16-30(52)41-17-31(53)45-24(33(38)54)8-6-7-11-40-28(50)10-5-4-9-27-32-26(18-60-27)47-37(58)48-32/h15,19-22,24-27,32,59H,4-14,16-18H2,1-3H3,(H2,38,54)(H,39,43)(H,40,50)(H,41,52)(H,42,55)(H,44,57)(H,45,53)(H,46,56)(H,49,51)(H2,47,48,58)/t21-,22?,24-,25-,26-,27-,32-/m0/s1. The van der Waals surface area contributed by atoms with Crippen molar-refractivity contribution in [2.75, 3.05) is 25.4 Å². The number of imidazole rings is 1. The minimum Gasteiger partial charge on any atom is -0.368 e. The molecule has 2 fully saturated rings. The van der Waals surface area contributed by atoms with Crippen LogP contribution in [0.2, 0.25) is 0 Å².